The van der Waals surface area contributed by atoms with E-state index in [0.29, 0.717) is 34.5 Å². The Labute approximate surface area is 229 Å². The molecule has 0 saturated carbocycles. The van der Waals surface area contributed by atoms with Gasteiger partial charge in [0.2, 0.25) is 5.91 Å². The van der Waals surface area contributed by atoms with Gasteiger partial charge in [-0.2, -0.15) is 10.1 Å². The van der Waals surface area contributed by atoms with E-state index < -0.39 is 11.2 Å². The minimum Gasteiger partial charge on any atom is -0.497 e. The molecule has 2 heterocycles. The molecule has 10 heteroatoms. The number of rotatable bonds is 7. The summed E-state index contributed by atoms with van der Waals surface area (Å²) in [6, 6.07) is 18.7. The van der Waals surface area contributed by atoms with Gasteiger partial charge >= 0.3 is 0 Å². The third-order valence-corrected chi connectivity index (χ3v) is 7.66. The van der Waals surface area contributed by atoms with Crippen LogP contribution >= 0.6 is 11.8 Å². The van der Waals surface area contributed by atoms with E-state index in [0.717, 1.165) is 16.7 Å². The van der Waals surface area contributed by atoms with E-state index in [4.69, 9.17) is 14.6 Å². The monoisotopic (exact) mass is 546 g/mol. The maximum atomic E-state index is 13.7. The lowest BCUT2D eigenvalue weighted by Gasteiger charge is -2.23. The van der Waals surface area contributed by atoms with E-state index >= 15 is 0 Å². The van der Waals surface area contributed by atoms with Crippen LogP contribution in [0, 0.1) is 12.7 Å². The van der Waals surface area contributed by atoms with Gasteiger partial charge in [0.05, 0.1) is 26.0 Å². The van der Waals surface area contributed by atoms with Crippen molar-refractivity contribution in [1.29, 1.82) is 0 Å². The number of nitrogens with one attached hydrogen (secondary N) is 1. The molecule has 2 atom stereocenters. The lowest BCUT2D eigenvalue weighted by Crippen LogP contribution is -2.25. The van der Waals surface area contributed by atoms with Crippen LogP contribution in [-0.4, -0.2) is 47.2 Å². The second-order valence-corrected chi connectivity index (χ2v) is 10.4. The number of benzene rings is 3. The zero-order valence-corrected chi connectivity index (χ0v) is 22.5. The van der Waals surface area contributed by atoms with E-state index in [1.807, 2.05) is 37.3 Å². The molecule has 0 bridgehead atoms. The summed E-state index contributed by atoms with van der Waals surface area (Å²) in [4.78, 5) is 29.8. The van der Waals surface area contributed by atoms with Crippen molar-refractivity contribution in [3.8, 4) is 11.5 Å². The van der Waals surface area contributed by atoms with Crippen LogP contribution in [-0.2, 0) is 9.59 Å². The Hall–Kier alpha value is -4.18. The number of amides is 2. The summed E-state index contributed by atoms with van der Waals surface area (Å²) in [5.41, 5.74) is 4.01. The minimum absolute atomic E-state index is 0.0281. The van der Waals surface area contributed by atoms with Gasteiger partial charge in [0.15, 0.2) is 5.17 Å². The Morgan fingerprint density at radius 3 is 2.51 bits per heavy atom. The first kappa shape index (κ1) is 26.4. The SMILES string of the molecule is COc1ccc(OC)c(C2=NN(C3=NC(=O)[C@H](CC(=O)Nc4ccc(C)cc4)S3)[C@@H](c3ccc(F)cc3)C2)c1. The fraction of sp³-hybridized carbons (Fsp3) is 0.241. The molecule has 0 unspecified atom stereocenters. The molecule has 3 aromatic rings. The summed E-state index contributed by atoms with van der Waals surface area (Å²) in [6.07, 6.45) is 0.432. The van der Waals surface area contributed by atoms with E-state index in [2.05, 4.69) is 10.3 Å². The molecule has 1 N–H and O–H groups in total. The van der Waals surface area contributed by atoms with Crippen molar-refractivity contribution in [3.63, 3.8) is 0 Å². The largest absolute Gasteiger partial charge is 0.497 e. The Morgan fingerprint density at radius 1 is 1.08 bits per heavy atom. The van der Waals surface area contributed by atoms with Crippen LogP contribution in [0.5, 0.6) is 11.5 Å². The Balaban J connectivity index is 1.40. The molecule has 0 aromatic heterocycles. The fourth-order valence-corrected chi connectivity index (χ4v) is 5.52. The summed E-state index contributed by atoms with van der Waals surface area (Å²) in [5.74, 6) is 0.253. The van der Waals surface area contributed by atoms with Gasteiger partial charge < -0.3 is 14.8 Å². The van der Waals surface area contributed by atoms with Crippen molar-refractivity contribution in [2.24, 2.45) is 10.1 Å². The normalized spacial score (nSPS) is 18.6. The Bertz CT molecular complexity index is 1460. The third kappa shape index (κ3) is 5.80. The summed E-state index contributed by atoms with van der Waals surface area (Å²) >= 11 is 1.20. The molecule has 8 nitrogen and oxygen atoms in total. The van der Waals surface area contributed by atoms with Crippen LogP contribution in [0.15, 0.2) is 76.8 Å². The van der Waals surface area contributed by atoms with Gasteiger partial charge in [-0.05, 0) is 55.0 Å². The highest BCUT2D eigenvalue weighted by Crippen LogP contribution is 2.40. The summed E-state index contributed by atoms with van der Waals surface area (Å²) in [5, 5.41) is 9.07. The molecule has 200 valence electrons. The predicted octanol–water partition coefficient (Wildman–Crippen LogP) is 5.33. The number of carbonyl (C=O) groups excluding carboxylic acids is 2. The average molecular weight is 547 g/mol. The number of aliphatic imine (C=N–C) groups is 1. The smallest absolute Gasteiger partial charge is 0.262 e. The second-order valence-electron chi connectivity index (χ2n) is 9.19. The number of carbonyl (C=O) groups is 2. The summed E-state index contributed by atoms with van der Waals surface area (Å²) in [7, 11) is 3.16. The highest BCUT2D eigenvalue weighted by Gasteiger charge is 2.39. The number of ether oxygens (including phenoxy) is 2. The molecule has 0 fully saturated rings. The molecule has 2 amide bonds. The van der Waals surface area contributed by atoms with Gasteiger partial charge in [0.1, 0.15) is 22.6 Å². The molecule has 3 aromatic carbocycles. The van der Waals surface area contributed by atoms with E-state index in [1.165, 1.54) is 23.9 Å². The fourth-order valence-electron chi connectivity index (χ4n) is 4.46. The van der Waals surface area contributed by atoms with E-state index in [9.17, 15) is 14.0 Å². The zero-order chi connectivity index (χ0) is 27.5. The number of thioether (sulfide) groups is 1. The number of anilines is 1. The predicted molar refractivity (Wildman–Crippen MR) is 150 cm³/mol. The number of nitrogens with zero attached hydrogens (tertiary/aromatic N) is 3. The molecule has 5 rings (SSSR count). The van der Waals surface area contributed by atoms with Crippen LogP contribution < -0.4 is 14.8 Å². The highest BCUT2D eigenvalue weighted by atomic mass is 32.2. The molecule has 0 radical (unpaired) electrons. The third-order valence-electron chi connectivity index (χ3n) is 6.51. The number of halogens is 1. The molecule has 2 aliphatic rings. The first-order chi connectivity index (χ1) is 18.8. The summed E-state index contributed by atoms with van der Waals surface area (Å²) < 4.78 is 24.7. The minimum atomic E-state index is -0.676. The van der Waals surface area contributed by atoms with Crippen molar-refractivity contribution in [2.75, 3.05) is 19.5 Å². The number of hydrogen-bond acceptors (Lipinski definition) is 7. The van der Waals surface area contributed by atoms with Gasteiger partial charge in [-0.3, -0.25) is 9.59 Å². The molecular weight excluding hydrogens is 519 g/mol. The van der Waals surface area contributed by atoms with Crippen LogP contribution in [0.2, 0.25) is 0 Å². The Kier molecular flexibility index (Phi) is 7.65. The number of hydrogen-bond donors (Lipinski definition) is 1. The zero-order valence-electron chi connectivity index (χ0n) is 21.7. The Morgan fingerprint density at radius 2 is 1.82 bits per heavy atom. The van der Waals surface area contributed by atoms with Gasteiger partial charge in [0.25, 0.3) is 5.91 Å². The van der Waals surface area contributed by atoms with Crippen molar-refractivity contribution in [3.05, 3.63) is 89.2 Å². The van der Waals surface area contributed by atoms with E-state index in [-0.39, 0.29) is 24.2 Å². The van der Waals surface area contributed by atoms with Gasteiger partial charge in [-0.1, -0.05) is 41.6 Å². The second kappa shape index (κ2) is 11.3. The van der Waals surface area contributed by atoms with Gasteiger partial charge in [-0.25, -0.2) is 9.40 Å². The van der Waals surface area contributed by atoms with Crippen LogP contribution in [0.1, 0.15) is 35.6 Å². The van der Waals surface area contributed by atoms with Crippen molar-refractivity contribution >= 4 is 40.1 Å². The quantitative estimate of drug-likeness (QED) is 0.431. The number of amidine groups is 1. The average Bonchev–Trinajstić information content (AvgIpc) is 3.54. The molecule has 39 heavy (non-hydrogen) atoms. The van der Waals surface area contributed by atoms with Crippen molar-refractivity contribution in [2.45, 2.75) is 31.1 Å². The first-order valence-electron chi connectivity index (χ1n) is 12.3. The van der Waals surface area contributed by atoms with Crippen LogP contribution in [0.4, 0.5) is 10.1 Å². The lowest BCUT2D eigenvalue weighted by molar-refractivity contribution is -0.121. The molecule has 0 saturated heterocycles. The van der Waals surface area contributed by atoms with Gasteiger partial charge in [0, 0.05) is 24.1 Å². The maximum Gasteiger partial charge on any atom is 0.262 e. The number of methoxy groups -OCH3 is 2. The molecule has 2 aliphatic heterocycles. The molecule has 0 aliphatic carbocycles. The first-order valence-corrected chi connectivity index (χ1v) is 13.2. The standard InChI is InChI=1S/C29H27FN4O4S/c1-17-4-10-20(11-5-17)31-27(35)16-26-28(36)32-29(39-26)34-24(18-6-8-19(30)9-7-18)15-23(33-34)22-14-21(37-2)12-13-25(22)38-3/h4-14,24,26H,15-16H2,1-3H3,(H,31,35)/t24-,26+/m1/s1. The van der Waals surface area contributed by atoms with E-state index in [1.54, 1.807) is 43.5 Å². The molecular formula is C29H27FN4O4S. The van der Waals surface area contributed by atoms with Gasteiger partial charge in [-0.15, -0.1) is 0 Å². The number of aryl methyl sites for hydroxylation is 1. The lowest BCUT2D eigenvalue weighted by atomic mass is 9.98. The topological polar surface area (TPSA) is 92.6 Å². The maximum absolute atomic E-state index is 13.7. The van der Waals surface area contributed by atoms with Crippen LogP contribution in [0.3, 0.4) is 0 Å². The summed E-state index contributed by atoms with van der Waals surface area (Å²) in [6.45, 7) is 1.97. The van der Waals surface area contributed by atoms with Crippen molar-refractivity contribution in [1.82, 2.24) is 5.01 Å². The highest BCUT2D eigenvalue weighted by molar-refractivity contribution is 8.15. The molecule has 0 spiro atoms. The number of hydrazone groups is 1. The van der Waals surface area contributed by atoms with Crippen LogP contribution in [0.25, 0.3) is 0 Å². The van der Waals surface area contributed by atoms with Crippen molar-refractivity contribution < 1.29 is 23.5 Å².